The van der Waals surface area contributed by atoms with E-state index < -0.39 is 0 Å². The van der Waals surface area contributed by atoms with Crippen molar-refractivity contribution < 1.29 is 4.74 Å². The van der Waals surface area contributed by atoms with Crippen LogP contribution in [-0.4, -0.2) is 19.8 Å². The summed E-state index contributed by atoms with van der Waals surface area (Å²) in [7, 11) is 1.96. The monoisotopic (exact) mass is 269 g/mol. The van der Waals surface area contributed by atoms with E-state index in [2.05, 4.69) is 32.2 Å². The van der Waals surface area contributed by atoms with Crippen LogP contribution in [-0.2, 0) is 4.74 Å². The molecular weight excluding hydrogens is 246 g/mol. The van der Waals surface area contributed by atoms with E-state index in [1.165, 1.54) is 5.56 Å². The second kappa shape index (κ2) is 6.55. The highest BCUT2D eigenvalue weighted by atomic mass is 35.5. The van der Waals surface area contributed by atoms with Gasteiger partial charge in [0.25, 0.3) is 0 Å². The zero-order chi connectivity index (χ0) is 13.8. The average Bonchev–Trinajstić information content (AvgIpc) is 2.28. The molecule has 0 heterocycles. The maximum absolute atomic E-state index is 6.07. The van der Waals surface area contributed by atoms with Crippen LogP contribution in [0.5, 0.6) is 0 Å². The van der Waals surface area contributed by atoms with Crippen molar-refractivity contribution in [2.75, 3.05) is 13.7 Å². The van der Waals surface area contributed by atoms with E-state index >= 15 is 0 Å². The van der Waals surface area contributed by atoms with Crippen LogP contribution in [0.25, 0.3) is 0 Å². The molecule has 1 N–H and O–H groups in total. The number of halogens is 1. The summed E-state index contributed by atoms with van der Waals surface area (Å²) in [4.78, 5) is 0. The van der Waals surface area contributed by atoms with Crippen LogP contribution in [0.3, 0.4) is 0 Å². The molecular formula is C15H24ClNO. The minimum absolute atomic E-state index is 0.0615. The Balaban J connectivity index is 3.06. The van der Waals surface area contributed by atoms with Crippen molar-refractivity contribution in [1.82, 2.24) is 5.32 Å². The van der Waals surface area contributed by atoms with Gasteiger partial charge in [-0.15, -0.1) is 0 Å². The topological polar surface area (TPSA) is 21.3 Å². The van der Waals surface area contributed by atoms with Crippen molar-refractivity contribution in [2.24, 2.45) is 5.41 Å². The largest absolute Gasteiger partial charge is 0.376 e. The molecule has 0 aromatic heterocycles. The second-order valence-electron chi connectivity index (χ2n) is 5.56. The van der Waals surface area contributed by atoms with E-state index in [0.717, 1.165) is 5.02 Å². The fourth-order valence-electron chi connectivity index (χ4n) is 2.22. The summed E-state index contributed by atoms with van der Waals surface area (Å²) < 4.78 is 5.95. The fraction of sp³-hybridized carbons (Fsp3) is 0.600. The van der Waals surface area contributed by atoms with Gasteiger partial charge in [-0.3, -0.25) is 0 Å². The lowest BCUT2D eigenvalue weighted by molar-refractivity contribution is -0.0350. The Kier molecular flexibility index (Phi) is 5.64. The number of hydrogen-bond acceptors (Lipinski definition) is 2. The molecule has 0 fully saturated rings. The molecule has 0 aliphatic heterocycles. The smallest absolute Gasteiger partial charge is 0.0817 e. The molecule has 0 aliphatic rings. The molecule has 3 heteroatoms. The van der Waals surface area contributed by atoms with Gasteiger partial charge in [0.05, 0.1) is 12.1 Å². The first-order valence-corrected chi connectivity index (χ1v) is 6.82. The summed E-state index contributed by atoms with van der Waals surface area (Å²) in [5, 5.41) is 4.11. The molecule has 0 spiro atoms. The van der Waals surface area contributed by atoms with Crippen molar-refractivity contribution in [1.29, 1.82) is 0 Å². The standard InChI is InChI=1S/C15H24ClNO/c1-6-18-14(15(2,3)4)13(17-5)11-8-7-9-12(16)10-11/h7-10,13-14,17H,6H2,1-5H3. The highest BCUT2D eigenvalue weighted by Crippen LogP contribution is 2.33. The Morgan fingerprint density at radius 3 is 2.44 bits per heavy atom. The summed E-state index contributed by atoms with van der Waals surface area (Å²) in [6, 6.07) is 8.10. The lowest BCUT2D eigenvalue weighted by atomic mass is 9.82. The second-order valence-corrected chi connectivity index (χ2v) is 6.00. The van der Waals surface area contributed by atoms with E-state index in [1.54, 1.807) is 0 Å². The molecule has 0 amide bonds. The van der Waals surface area contributed by atoms with Gasteiger partial charge in [-0.25, -0.2) is 0 Å². The first kappa shape index (κ1) is 15.5. The predicted molar refractivity (Wildman–Crippen MR) is 78.1 cm³/mol. The number of ether oxygens (including phenoxy) is 1. The Hall–Kier alpha value is -0.570. The Morgan fingerprint density at radius 2 is 2.00 bits per heavy atom. The van der Waals surface area contributed by atoms with E-state index in [9.17, 15) is 0 Å². The van der Waals surface area contributed by atoms with Crippen LogP contribution >= 0.6 is 11.6 Å². The van der Waals surface area contributed by atoms with Crippen LogP contribution in [0.1, 0.15) is 39.3 Å². The number of hydrogen-bond donors (Lipinski definition) is 1. The SMILES string of the molecule is CCOC(C(NC)c1cccc(Cl)c1)C(C)(C)C. The van der Waals surface area contributed by atoms with Gasteiger partial charge in [-0.05, 0) is 37.1 Å². The third-order valence-corrected chi connectivity index (χ3v) is 3.26. The summed E-state index contributed by atoms with van der Waals surface area (Å²) >= 11 is 6.07. The molecule has 2 unspecified atom stereocenters. The van der Waals surface area contributed by atoms with Crippen LogP contribution in [0.4, 0.5) is 0 Å². The number of nitrogens with one attached hydrogen (secondary N) is 1. The predicted octanol–water partition coefficient (Wildman–Crippen LogP) is 4.05. The molecule has 2 nitrogen and oxygen atoms in total. The quantitative estimate of drug-likeness (QED) is 0.871. The van der Waals surface area contributed by atoms with E-state index in [4.69, 9.17) is 16.3 Å². The fourth-order valence-corrected chi connectivity index (χ4v) is 2.42. The average molecular weight is 270 g/mol. The minimum Gasteiger partial charge on any atom is -0.376 e. The molecule has 1 aromatic rings. The molecule has 2 atom stereocenters. The lowest BCUT2D eigenvalue weighted by Crippen LogP contribution is -2.41. The summed E-state index contributed by atoms with van der Waals surface area (Å²) in [5.74, 6) is 0. The Bertz CT molecular complexity index is 373. The summed E-state index contributed by atoms with van der Waals surface area (Å²) in [6.07, 6.45) is 0.103. The van der Waals surface area contributed by atoms with E-state index in [-0.39, 0.29) is 17.6 Å². The highest BCUT2D eigenvalue weighted by molar-refractivity contribution is 6.30. The molecule has 0 saturated heterocycles. The van der Waals surface area contributed by atoms with Crippen molar-refractivity contribution in [2.45, 2.75) is 39.8 Å². The van der Waals surface area contributed by atoms with Crippen LogP contribution in [0.2, 0.25) is 5.02 Å². The molecule has 0 saturated carbocycles. The van der Waals surface area contributed by atoms with Crippen molar-refractivity contribution in [3.63, 3.8) is 0 Å². The molecule has 0 aliphatic carbocycles. The molecule has 1 rings (SSSR count). The molecule has 102 valence electrons. The van der Waals surface area contributed by atoms with Gasteiger partial charge in [0, 0.05) is 11.6 Å². The summed E-state index contributed by atoms with van der Waals surface area (Å²) in [6.45, 7) is 9.33. The number of likely N-dealkylation sites (N-methyl/N-ethyl adjacent to an activating group) is 1. The van der Waals surface area contributed by atoms with Gasteiger partial charge in [0.1, 0.15) is 0 Å². The van der Waals surface area contributed by atoms with Crippen LogP contribution in [0, 0.1) is 5.41 Å². The van der Waals surface area contributed by atoms with Gasteiger partial charge in [0.2, 0.25) is 0 Å². The van der Waals surface area contributed by atoms with Crippen molar-refractivity contribution in [3.8, 4) is 0 Å². The third kappa shape index (κ3) is 3.98. The van der Waals surface area contributed by atoms with Gasteiger partial charge >= 0.3 is 0 Å². The van der Waals surface area contributed by atoms with Gasteiger partial charge < -0.3 is 10.1 Å². The van der Waals surface area contributed by atoms with Gasteiger partial charge in [-0.2, -0.15) is 0 Å². The van der Waals surface area contributed by atoms with Crippen molar-refractivity contribution in [3.05, 3.63) is 34.9 Å². The van der Waals surface area contributed by atoms with E-state index in [1.807, 2.05) is 32.2 Å². The maximum atomic E-state index is 6.07. The molecule has 18 heavy (non-hydrogen) atoms. The van der Waals surface area contributed by atoms with Gasteiger partial charge in [0.15, 0.2) is 0 Å². The van der Waals surface area contributed by atoms with Gasteiger partial charge in [-0.1, -0.05) is 44.5 Å². The molecule has 1 aromatic carbocycles. The first-order chi connectivity index (χ1) is 8.40. The highest BCUT2D eigenvalue weighted by Gasteiger charge is 2.33. The zero-order valence-corrected chi connectivity index (χ0v) is 12.7. The lowest BCUT2D eigenvalue weighted by Gasteiger charge is -2.37. The van der Waals surface area contributed by atoms with E-state index in [0.29, 0.717) is 6.61 Å². The molecule has 0 bridgehead atoms. The normalized spacial score (nSPS) is 15.4. The van der Waals surface area contributed by atoms with Crippen molar-refractivity contribution >= 4 is 11.6 Å². The summed E-state index contributed by atoms with van der Waals surface area (Å²) in [5.41, 5.74) is 1.23. The number of rotatable bonds is 5. The van der Waals surface area contributed by atoms with Crippen LogP contribution < -0.4 is 5.32 Å². The Labute approximate surface area is 116 Å². The number of benzene rings is 1. The molecule has 0 radical (unpaired) electrons. The zero-order valence-electron chi connectivity index (χ0n) is 12.0. The maximum Gasteiger partial charge on any atom is 0.0817 e. The first-order valence-electron chi connectivity index (χ1n) is 6.44. The third-order valence-electron chi connectivity index (χ3n) is 3.02. The minimum atomic E-state index is 0.0615. The van der Waals surface area contributed by atoms with Crippen LogP contribution in [0.15, 0.2) is 24.3 Å². The Morgan fingerprint density at radius 1 is 1.33 bits per heavy atom.